The number of hydrogen-bond acceptors (Lipinski definition) is 2. The molecule has 0 aliphatic heterocycles. The molecule has 0 unspecified atom stereocenters. The second-order valence-corrected chi connectivity index (χ2v) is 4.57. The van der Waals surface area contributed by atoms with Crippen LogP contribution in [0.15, 0.2) is 46.9 Å². The van der Waals surface area contributed by atoms with Crippen molar-refractivity contribution in [2.75, 3.05) is 11.1 Å². The predicted molar refractivity (Wildman–Crippen MR) is 73.3 cm³/mol. The summed E-state index contributed by atoms with van der Waals surface area (Å²) in [5, 5.41) is 3.81. The predicted octanol–water partition coefficient (Wildman–Crippen LogP) is 4.43. The molecule has 0 fully saturated rings. The average molecular weight is 298 g/mol. The van der Waals surface area contributed by atoms with Crippen molar-refractivity contribution in [3.05, 3.63) is 52.0 Å². The van der Waals surface area contributed by atoms with Crippen LogP contribution in [-0.2, 0) is 0 Å². The minimum absolute atomic E-state index is 0.607. The van der Waals surface area contributed by atoms with Gasteiger partial charge in [-0.1, -0.05) is 29.8 Å². The van der Waals surface area contributed by atoms with Crippen LogP contribution in [0.25, 0.3) is 0 Å². The second-order valence-electron chi connectivity index (χ2n) is 3.31. The Morgan fingerprint density at radius 2 is 1.81 bits per heavy atom. The quantitative estimate of drug-likeness (QED) is 0.805. The summed E-state index contributed by atoms with van der Waals surface area (Å²) in [6.07, 6.45) is 0. The lowest BCUT2D eigenvalue weighted by Gasteiger charge is -2.12. The minimum atomic E-state index is 0.607. The fourth-order valence-electron chi connectivity index (χ4n) is 1.37. The fourth-order valence-corrected chi connectivity index (χ4v) is 1.98. The van der Waals surface area contributed by atoms with Gasteiger partial charge in [-0.3, -0.25) is 0 Å². The van der Waals surface area contributed by atoms with Crippen LogP contribution >= 0.6 is 27.5 Å². The van der Waals surface area contributed by atoms with Gasteiger partial charge in [-0.05, 0) is 40.2 Å². The Kier molecular flexibility index (Phi) is 3.36. The highest BCUT2D eigenvalue weighted by Gasteiger charge is 2.06. The van der Waals surface area contributed by atoms with E-state index in [1.165, 1.54) is 0 Å². The van der Waals surface area contributed by atoms with Crippen LogP contribution in [0.1, 0.15) is 0 Å². The van der Waals surface area contributed by atoms with Gasteiger partial charge < -0.3 is 11.1 Å². The molecule has 3 N–H and O–H groups in total. The molecule has 0 aromatic heterocycles. The standard InChI is InChI=1S/C12H10BrClN2/c13-8-4-1-2-7-11(8)16-12-9(14)5-3-6-10(12)15/h1-7,16H,15H2. The molecule has 0 atom stereocenters. The van der Waals surface area contributed by atoms with Gasteiger partial charge in [-0.2, -0.15) is 0 Å². The number of benzene rings is 2. The van der Waals surface area contributed by atoms with Crippen LogP contribution in [0.5, 0.6) is 0 Å². The van der Waals surface area contributed by atoms with Crippen molar-refractivity contribution >= 4 is 44.6 Å². The zero-order valence-corrected chi connectivity index (χ0v) is 10.7. The molecule has 0 radical (unpaired) electrons. The van der Waals surface area contributed by atoms with Gasteiger partial charge in [0.05, 0.1) is 22.1 Å². The Morgan fingerprint density at radius 3 is 2.50 bits per heavy atom. The van der Waals surface area contributed by atoms with Gasteiger partial charge in [0.1, 0.15) is 0 Å². The summed E-state index contributed by atoms with van der Waals surface area (Å²) in [7, 11) is 0. The maximum atomic E-state index is 6.07. The third kappa shape index (κ3) is 2.31. The fraction of sp³-hybridized carbons (Fsp3) is 0. The van der Waals surface area contributed by atoms with E-state index >= 15 is 0 Å². The topological polar surface area (TPSA) is 38.0 Å². The van der Waals surface area contributed by atoms with Crippen molar-refractivity contribution in [3.8, 4) is 0 Å². The molecule has 2 rings (SSSR count). The molecule has 16 heavy (non-hydrogen) atoms. The third-order valence-electron chi connectivity index (χ3n) is 2.18. The number of hydrogen-bond donors (Lipinski definition) is 2. The number of nitrogens with one attached hydrogen (secondary N) is 1. The van der Waals surface area contributed by atoms with E-state index in [-0.39, 0.29) is 0 Å². The summed E-state index contributed by atoms with van der Waals surface area (Å²) >= 11 is 9.53. The Hall–Kier alpha value is -1.19. The van der Waals surface area contributed by atoms with E-state index in [0.29, 0.717) is 10.7 Å². The summed E-state index contributed by atoms with van der Waals surface area (Å²) in [6, 6.07) is 13.2. The molecular formula is C12H10BrClN2. The van der Waals surface area contributed by atoms with E-state index in [0.717, 1.165) is 15.8 Å². The first kappa shape index (κ1) is 11.3. The van der Waals surface area contributed by atoms with Crippen molar-refractivity contribution in [1.29, 1.82) is 0 Å². The van der Waals surface area contributed by atoms with Crippen molar-refractivity contribution < 1.29 is 0 Å². The Labute approximate surface area is 108 Å². The van der Waals surface area contributed by atoms with Crippen molar-refractivity contribution in [2.24, 2.45) is 0 Å². The normalized spacial score (nSPS) is 10.1. The SMILES string of the molecule is Nc1cccc(Cl)c1Nc1ccccc1Br. The van der Waals surface area contributed by atoms with Crippen LogP contribution in [0.4, 0.5) is 17.1 Å². The Balaban J connectivity index is 2.38. The van der Waals surface area contributed by atoms with Crippen LogP contribution in [-0.4, -0.2) is 0 Å². The Morgan fingerprint density at radius 1 is 1.06 bits per heavy atom. The molecule has 0 bridgehead atoms. The zero-order valence-electron chi connectivity index (χ0n) is 8.37. The molecule has 0 saturated heterocycles. The zero-order chi connectivity index (χ0) is 11.5. The van der Waals surface area contributed by atoms with Crippen LogP contribution in [0.2, 0.25) is 5.02 Å². The van der Waals surface area contributed by atoms with E-state index in [9.17, 15) is 0 Å². The highest BCUT2D eigenvalue weighted by Crippen LogP contribution is 2.33. The largest absolute Gasteiger partial charge is 0.397 e. The lowest BCUT2D eigenvalue weighted by molar-refractivity contribution is 1.52. The molecule has 2 aromatic carbocycles. The monoisotopic (exact) mass is 296 g/mol. The molecule has 0 amide bonds. The van der Waals surface area contributed by atoms with Gasteiger partial charge in [0.25, 0.3) is 0 Å². The lowest BCUT2D eigenvalue weighted by Crippen LogP contribution is -1.97. The molecule has 0 saturated carbocycles. The van der Waals surface area contributed by atoms with E-state index in [1.807, 2.05) is 36.4 Å². The Bertz CT molecular complexity index is 494. The molecule has 0 spiro atoms. The van der Waals surface area contributed by atoms with Crippen molar-refractivity contribution in [1.82, 2.24) is 0 Å². The number of nitrogen functional groups attached to an aromatic ring is 1. The molecule has 0 heterocycles. The summed E-state index contributed by atoms with van der Waals surface area (Å²) in [4.78, 5) is 0. The first-order chi connectivity index (χ1) is 7.68. The summed E-state index contributed by atoms with van der Waals surface area (Å²) in [5.74, 6) is 0. The molecule has 82 valence electrons. The smallest absolute Gasteiger partial charge is 0.0807 e. The molecule has 2 nitrogen and oxygen atoms in total. The van der Waals surface area contributed by atoms with Gasteiger partial charge >= 0.3 is 0 Å². The summed E-state index contributed by atoms with van der Waals surface area (Å²) < 4.78 is 0.967. The summed E-state index contributed by atoms with van der Waals surface area (Å²) in [5.41, 5.74) is 8.15. The van der Waals surface area contributed by atoms with Gasteiger partial charge in [0.15, 0.2) is 0 Å². The van der Waals surface area contributed by atoms with E-state index in [1.54, 1.807) is 6.07 Å². The highest BCUT2D eigenvalue weighted by molar-refractivity contribution is 9.10. The van der Waals surface area contributed by atoms with Crippen LogP contribution in [0, 0.1) is 0 Å². The van der Waals surface area contributed by atoms with Gasteiger partial charge in [-0.25, -0.2) is 0 Å². The third-order valence-corrected chi connectivity index (χ3v) is 3.19. The number of nitrogens with two attached hydrogens (primary N) is 1. The maximum Gasteiger partial charge on any atom is 0.0807 e. The van der Waals surface area contributed by atoms with Gasteiger partial charge in [0, 0.05) is 4.47 Å². The first-order valence-corrected chi connectivity index (χ1v) is 5.91. The van der Waals surface area contributed by atoms with Gasteiger partial charge in [0.2, 0.25) is 0 Å². The van der Waals surface area contributed by atoms with E-state index in [4.69, 9.17) is 17.3 Å². The first-order valence-electron chi connectivity index (χ1n) is 4.74. The van der Waals surface area contributed by atoms with Crippen molar-refractivity contribution in [3.63, 3.8) is 0 Å². The molecular weight excluding hydrogens is 288 g/mol. The second kappa shape index (κ2) is 4.76. The lowest BCUT2D eigenvalue weighted by atomic mass is 10.2. The molecule has 0 aliphatic rings. The van der Waals surface area contributed by atoms with Crippen LogP contribution in [0.3, 0.4) is 0 Å². The number of halogens is 2. The van der Waals surface area contributed by atoms with Crippen molar-refractivity contribution in [2.45, 2.75) is 0 Å². The number of anilines is 3. The molecule has 2 aromatic rings. The maximum absolute atomic E-state index is 6.07. The van der Waals surface area contributed by atoms with Gasteiger partial charge in [-0.15, -0.1) is 0 Å². The average Bonchev–Trinajstić information content (AvgIpc) is 2.26. The highest BCUT2D eigenvalue weighted by atomic mass is 79.9. The molecule has 4 heteroatoms. The number of rotatable bonds is 2. The molecule has 0 aliphatic carbocycles. The summed E-state index contributed by atoms with van der Waals surface area (Å²) in [6.45, 7) is 0. The van der Waals surface area contributed by atoms with E-state index in [2.05, 4.69) is 21.2 Å². The minimum Gasteiger partial charge on any atom is -0.397 e. The number of para-hydroxylation sites is 2. The van der Waals surface area contributed by atoms with Crippen LogP contribution < -0.4 is 11.1 Å². The van der Waals surface area contributed by atoms with E-state index < -0.39 is 0 Å².